The molecule has 3 aromatic carbocycles. The number of aromatic nitrogens is 2. The number of amides is 1. The van der Waals surface area contributed by atoms with E-state index >= 15 is 0 Å². The fraction of sp³-hybridized carbons (Fsp3) is 0.0870. The van der Waals surface area contributed by atoms with Crippen LogP contribution in [0, 0.1) is 20.2 Å². The number of non-ortho nitro benzene ring substituents is 2. The lowest BCUT2D eigenvalue weighted by Gasteiger charge is -2.18. The zero-order chi connectivity index (χ0) is 25.1. The van der Waals surface area contributed by atoms with Gasteiger partial charge in [0.2, 0.25) is 0 Å². The van der Waals surface area contributed by atoms with Gasteiger partial charge < -0.3 is 15.0 Å². The van der Waals surface area contributed by atoms with Crippen LogP contribution < -0.4 is 5.32 Å². The van der Waals surface area contributed by atoms with Gasteiger partial charge in [0.15, 0.2) is 0 Å². The molecule has 12 nitrogen and oxygen atoms in total. The van der Waals surface area contributed by atoms with Gasteiger partial charge in [0.1, 0.15) is 0 Å². The Bertz CT molecular complexity index is 1430. The monoisotopic (exact) mass is 475 g/mol. The second-order valence-corrected chi connectivity index (χ2v) is 7.59. The van der Waals surface area contributed by atoms with E-state index in [0.717, 1.165) is 23.8 Å². The third-order valence-electron chi connectivity index (χ3n) is 5.31. The summed E-state index contributed by atoms with van der Waals surface area (Å²) in [6, 6.07) is 15.9. The summed E-state index contributed by atoms with van der Waals surface area (Å²) >= 11 is 0. The minimum absolute atomic E-state index is 0.205. The molecule has 0 saturated heterocycles. The van der Waals surface area contributed by atoms with Gasteiger partial charge in [-0.3, -0.25) is 29.8 Å². The zero-order valence-corrected chi connectivity index (χ0v) is 17.9. The van der Waals surface area contributed by atoms with Crippen molar-refractivity contribution in [2.75, 3.05) is 5.32 Å². The second-order valence-electron chi connectivity index (χ2n) is 7.59. The average molecular weight is 475 g/mol. The molecule has 1 heterocycles. The van der Waals surface area contributed by atoms with Crippen molar-refractivity contribution < 1.29 is 24.5 Å². The third-order valence-corrected chi connectivity index (χ3v) is 5.31. The molecular formula is C23H17N5O7. The van der Waals surface area contributed by atoms with Gasteiger partial charge in [-0.15, -0.1) is 0 Å². The van der Waals surface area contributed by atoms with E-state index in [4.69, 9.17) is 0 Å². The highest BCUT2D eigenvalue weighted by molar-refractivity contribution is 6.05. The van der Waals surface area contributed by atoms with Crippen molar-refractivity contribution in [1.82, 2.24) is 9.55 Å². The van der Waals surface area contributed by atoms with E-state index in [1.165, 1.54) is 6.33 Å². The molecule has 0 fully saturated rings. The number of aliphatic carboxylic acids is 1. The molecular weight excluding hydrogens is 458 g/mol. The first-order chi connectivity index (χ1) is 16.7. The van der Waals surface area contributed by atoms with E-state index < -0.39 is 39.1 Å². The number of imidazole rings is 1. The number of nitrogens with one attached hydrogen (secondary N) is 1. The predicted octanol–water partition coefficient (Wildman–Crippen LogP) is 4.17. The van der Waals surface area contributed by atoms with Crippen LogP contribution in [0.2, 0.25) is 0 Å². The Morgan fingerprint density at radius 2 is 1.63 bits per heavy atom. The summed E-state index contributed by atoms with van der Waals surface area (Å²) in [6.07, 6.45) is 1.31. The molecule has 4 rings (SSSR count). The maximum atomic E-state index is 12.8. The first-order valence-electron chi connectivity index (χ1n) is 10.2. The van der Waals surface area contributed by atoms with Crippen molar-refractivity contribution in [2.24, 2.45) is 0 Å². The minimum Gasteiger partial charge on any atom is -0.481 e. The van der Waals surface area contributed by atoms with E-state index in [2.05, 4.69) is 10.3 Å². The highest BCUT2D eigenvalue weighted by Gasteiger charge is 2.22. The molecule has 35 heavy (non-hydrogen) atoms. The highest BCUT2D eigenvalue weighted by Crippen LogP contribution is 2.29. The number of nitrogens with zero attached hydrogens (tertiary/aromatic N) is 4. The fourth-order valence-corrected chi connectivity index (χ4v) is 3.71. The molecule has 176 valence electrons. The zero-order valence-electron chi connectivity index (χ0n) is 17.9. The molecule has 1 amide bonds. The lowest BCUT2D eigenvalue weighted by atomic mass is 10.0. The number of nitro benzene ring substituents is 2. The van der Waals surface area contributed by atoms with Crippen LogP contribution in [0.1, 0.15) is 28.4 Å². The lowest BCUT2D eigenvalue weighted by Crippen LogP contribution is -2.15. The number of nitro groups is 2. The molecule has 1 unspecified atom stereocenters. The summed E-state index contributed by atoms with van der Waals surface area (Å²) in [6.45, 7) is 0. The molecule has 1 atom stereocenters. The quantitative estimate of drug-likeness (QED) is 0.282. The van der Waals surface area contributed by atoms with Crippen LogP contribution in [0.3, 0.4) is 0 Å². The fourth-order valence-electron chi connectivity index (χ4n) is 3.71. The summed E-state index contributed by atoms with van der Waals surface area (Å²) in [7, 11) is 0. The summed E-state index contributed by atoms with van der Waals surface area (Å²) in [5, 5.41) is 34.3. The number of carboxylic acids is 1. The second kappa shape index (κ2) is 9.39. The Hall–Kier alpha value is -5.13. The molecule has 0 bridgehead atoms. The van der Waals surface area contributed by atoms with Crippen LogP contribution >= 0.6 is 0 Å². The SMILES string of the molecule is O=C(O)CC(c1ccccc1)n1cnc2ccc(NC(=O)c3cc([N+](=O)[O-])cc([N+](=O)[O-])c3)cc21. The molecule has 0 aliphatic rings. The van der Waals surface area contributed by atoms with Crippen molar-refractivity contribution in [2.45, 2.75) is 12.5 Å². The summed E-state index contributed by atoms with van der Waals surface area (Å²) in [5.41, 5.74) is 0.721. The van der Waals surface area contributed by atoms with Gasteiger partial charge in [0, 0.05) is 17.8 Å². The number of benzene rings is 3. The number of anilines is 1. The number of rotatable bonds is 8. The standard InChI is InChI=1S/C23H17N5O7/c29-22(30)12-20(14-4-2-1-3-5-14)26-13-24-19-7-6-16(10-21(19)26)25-23(31)15-8-17(27(32)33)11-18(9-15)28(34)35/h1-11,13,20H,12H2,(H,25,31)(H,29,30). The number of hydrogen-bond acceptors (Lipinski definition) is 7. The van der Waals surface area contributed by atoms with Crippen molar-refractivity contribution in [3.8, 4) is 0 Å². The van der Waals surface area contributed by atoms with E-state index in [1.54, 1.807) is 47.0 Å². The predicted molar refractivity (Wildman–Crippen MR) is 124 cm³/mol. The van der Waals surface area contributed by atoms with Crippen molar-refractivity contribution in [3.05, 3.63) is 104 Å². The Labute approximate surface area is 196 Å². The maximum Gasteiger partial charge on any atom is 0.305 e. The largest absolute Gasteiger partial charge is 0.481 e. The Morgan fingerprint density at radius 3 is 2.23 bits per heavy atom. The van der Waals surface area contributed by atoms with Gasteiger partial charge in [0.25, 0.3) is 17.3 Å². The molecule has 0 aliphatic heterocycles. The van der Waals surface area contributed by atoms with Crippen molar-refractivity contribution in [1.29, 1.82) is 0 Å². The van der Waals surface area contributed by atoms with Crippen LogP contribution in [0.25, 0.3) is 11.0 Å². The van der Waals surface area contributed by atoms with E-state index in [-0.39, 0.29) is 12.0 Å². The lowest BCUT2D eigenvalue weighted by molar-refractivity contribution is -0.394. The van der Waals surface area contributed by atoms with E-state index in [0.29, 0.717) is 16.7 Å². The van der Waals surface area contributed by atoms with Crippen LogP contribution in [0.15, 0.2) is 73.1 Å². The summed E-state index contributed by atoms with van der Waals surface area (Å²) in [4.78, 5) is 49.2. The molecule has 2 N–H and O–H groups in total. The van der Waals surface area contributed by atoms with Crippen LogP contribution in [-0.4, -0.2) is 36.4 Å². The molecule has 0 spiro atoms. The number of carboxylic acid groups (broad SMARTS) is 1. The van der Waals surface area contributed by atoms with Crippen LogP contribution in [0.4, 0.5) is 17.1 Å². The Kier molecular flexibility index (Phi) is 6.18. The number of hydrogen-bond donors (Lipinski definition) is 2. The molecule has 1 aromatic heterocycles. The van der Waals surface area contributed by atoms with Gasteiger partial charge in [0.05, 0.1) is 51.3 Å². The number of fused-ring (bicyclic) bond motifs is 1. The van der Waals surface area contributed by atoms with Gasteiger partial charge in [-0.25, -0.2) is 4.98 Å². The minimum atomic E-state index is -1.00. The Morgan fingerprint density at radius 1 is 0.971 bits per heavy atom. The molecule has 0 radical (unpaired) electrons. The highest BCUT2D eigenvalue weighted by atomic mass is 16.6. The van der Waals surface area contributed by atoms with E-state index in [9.17, 15) is 34.9 Å². The smallest absolute Gasteiger partial charge is 0.305 e. The molecule has 0 aliphatic carbocycles. The van der Waals surface area contributed by atoms with Crippen molar-refractivity contribution in [3.63, 3.8) is 0 Å². The van der Waals surface area contributed by atoms with Gasteiger partial charge in [-0.1, -0.05) is 30.3 Å². The van der Waals surface area contributed by atoms with Gasteiger partial charge in [-0.2, -0.15) is 0 Å². The Balaban J connectivity index is 1.70. The first-order valence-corrected chi connectivity index (χ1v) is 10.2. The topological polar surface area (TPSA) is 170 Å². The third kappa shape index (κ3) is 4.95. The molecule has 0 saturated carbocycles. The van der Waals surface area contributed by atoms with Crippen LogP contribution in [-0.2, 0) is 4.79 Å². The first kappa shape index (κ1) is 23.0. The summed E-state index contributed by atoms with van der Waals surface area (Å²) < 4.78 is 1.69. The molecule has 4 aromatic rings. The molecule has 12 heteroatoms. The van der Waals surface area contributed by atoms with E-state index in [1.807, 2.05) is 6.07 Å². The van der Waals surface area contributed by atoms with Gasteiger partial charge >= 0.3 is 5.97 Å². The van der Waals surface area contributed by atoms with Crippen molar-refractivity contribution >= 4 is 40.0 Å². The average Bonchev–Trinajstić information content (AvgIpc) is 3.25. The number of carbonyl (C=O) groups is 2. The van der Waals surface area contributed by atoms with Gasteiger partial charge in [-0.05, 0) is 23.8 Å². The van der Waals surface area contributed by atoms with Crippen LogP contribution in [0.5, 0.6) is 0 Å². The maximum absolute atomic E-state index is 12.8. The normalized spacial score (nSPS) is 11.7. The summed E-state index contributed by atoms with van der Waals surface area (Å²) in [5.74, 6) is -1.79. The number of carbonyl (C=O) groups excluding carboxylic acids is 1.